The van der Waals surface area contributed by atoms with E-state index in [0.717, 1.165) is 73.0 Å². The second kappa shape index (κ2) is 13.0. The first-order valence-corrected chi connectivity index (χ1v) is 17.7. The van der Waals surface area contributed by atoms with Crippen LogP contribution in [0.5, 0.6) is 0 Å². The maximum atomic E-state index is 14.3. The van der Waals surface area contributed by atoms with Crippen molar-refractivity contribution in [3.63, 3.8) is 0 Å². The number of carbonyl (C=O) groups is 3. The van der Waals surface area contributed by atoms with Crippen LogP contribution in [0.25, 0.3) is 10.9 Å². The van der Waals surface area contributed by atoms with Gasteiger partial charge in [0.2, 0.25) is 0 Å². The Labute approximate surface area is 281 Å². The Kier molecular flexibility index (Phi) is 8.46. The average Bonchev–Trinajstić information content (AvgIpc) is 3.38. The Morgan fingerprint density at radius 2 is 1.73 bits per heavy atom. The number of nitrogens with one attached hydrogen (secondary N) is 2. The van der Waals surface area contributed by atoms with E-state index in [-0.39, 0.29) is 24.0 Å². The van der Waals surface area contributed by atoms with Crippen molar-refractivity contribution in [2.24, 2.45) is 0 Å². The van der Waals surface area contributed by atoms with Crippen molar-refractivity contribution in [2.75, 3.05) is 64.7 Å². The summed E-state index contributed by atoms with van der Waals surface area (Å²) in [6.07, 6.45) is 6.03. The van der Waals surface area contributed by atoms with Crippen LogP contribution >= 0.6 is 0 Å². The number of urea groups is 1. The summed E-state index contributed by atoms with van der Waals surface area (Å²) >= 11 is 0. The second-order valence-corrected chi connectivity index (χ2v) is 14.3. The number of likely N-dealkylation sites (tertiary alicyclic amines) is 2. The van der Waals surface area contributed by atoms with E-state index in [4.69, 9.17) is 4.74 Å². The molecule has 0 saturated carbocycles. The van der Waals surface area contributed by atoms with Crippen LogP contribution < -0.4 is 5.32 Å². The van der Waals surface area contributed by atoms with E-state index in [1.165, 1.54) is 5.56 Å². The largest absolute Gasteiger partial charge is 0.436 e. The molecule has 12 heteroatoms. The molecule has 1 unspecified atom stereocenters. The van der Waals surface area contributed by atoms with Crippen molar-refractivity contribution in [3.8, 4) is 0 Å². The number of hydrogen-bond donors (Lipinski definition) is 2. The number of aromatic amines is 1. The molecule has 1 aromatic heterocycles. The van der Waals surface area contributed by atoms with E-state index in [9.17, 15) is 14.4 Å². The first kappa shape index (κ1) is 31.1. The predicted octanol–water partition coefficient (Wildman–Crippen LogP) is 3.85. The first-order valence-electron chi connectivity index (χ1n) is 17.7. The number of ether oxygens (including phenoxy) is 1. The number of carbonyl (C=O) groups excluding carboxylic acids is 3. The maximum absolute atomic E-state index is 14.3. The van der Waals surface area contributed by atoms with Crippen LogP contribution in [-0.4, -0.2) is 130 Å². The van der Waals surface area contributed by atoms with Gasteiger partial charge in [0.25, 0.3) is 5.91 Å². The van der Waals surface area contributed by atoms with Gasteiger partial charge >= 0.3 is 12.1 Å². The number of fused-ring (bicyclic) bond motifs is 8. The summed E-state index contributed by atoms with van der Waals surface area (Å²) in [6, 6.07) is 12.7. The van der Waals surface area contributed by atoms with Gasteiger partial charge in [-0.15, -0.1) is 0 Å². The monoisotopic (exact) mass is 654 g/mol. The fourth-order valence-corrected chi connectivity index (χ4v) is 8.67. The van der Waals surface area contributed by atoms with Gasteiger partial charge in [-0.25, -0.2) is 9.59 Å². The molecule has 0 aliphatic carbocycles. The number of H-pyrrole nitrogens is 1. The zero-order valence-corrected chi connectivity index (χ0v) is 27.8. The lowest BCUT2D eigenvalue weighted by molar-refractivity contribution is -0.141. The highest BCUT2D eigenvalue weighted by Crippen LogP contribution is 2.36. The highest BCUT2D eigenvalue weighted by atomic mass is 16.6. The van der Waals surface area contributed by atoms with Gasteiger partial charge in [0.1, 0.15) is 0 Å². The molecule has 2 aromatic carbocycles. The summed E-state index contributed by atoms with van der Waals surface area (Å²) in [5.74, 6) is -0.112. The third-order valence-corrected chi connectivity index (χ3v) is 11.3. The summed E-state index contributed by atoms with van der Waals surface area (Å²) in [7, 11) is 2.19. The number of amides is 4. The number of rotatable bonds is 3. The minimum atomic E-state index is -0.907. The molecular weight excluding hydrogens is 608 g/mol. The number of piperidine rings is 2. The van der Waals surface area contributed by atoms with Crippen LogP contribution in [0.15, 0.2) is 42.6 Å². The van der Waals surface area contributed by atoms with Crippen molar-refractivity contribution in [2.45, 2.75) is 69.2 Å². The van der Waals surface area contributed by atoms with Gasteiger partial charge in [-0.05, 0) is 87.5 Å². The van der Waals surface area contributed by atoms with Crippen LogP contribution in [-0.2, 0) is 22.4 Å². The summed E-state index contributed by atoms with van der Waals surface area (Å²) in [5.41, 5.74) is 5.19. The van der Waals surface area contributed by atoms with Crippen molar-refractivity contribution in [3.05, 3.63) is 59.3 Å². The minimum Gasteiger partial charge on any atom is -0.436 e. The van der Waals surface area contributed by atoms with Crippen molar-refractivity contribution < 1.29 is 19.1 Å². The zero-order valence-electron chi connectivity index (χ0n) is 27.8. The smallest absolute Gasteiger partial charge is 0.410 e. The third kappa shape index (κ3) is 6.00. The van der Waals surface area contributed by atoms with Gasteiger partial charge in [-0.3, -0.25) is 14.8 Å². The molecule has 3 fully saturated rings. The molecule has 4 amide bonds. The van der Waals surface area contributed by atoms with Gasteiger partial charge in [0.15, 0.2) is 6.10 Å². The Bertz CT molecular complexity index is 1680. The van der Waals surface area contributed by atoms with E-state index in [1.54, 1.807) is 4.90 Å². The first-order chi connectivity index (χ1) is 23.4. The highest BCUT2D eigenvalue weighted by Gasteiger charge is 2.40. The standard InChI is InChI=1S/C36H46N8O4/c1-40-14-8-27(9-15-40)43-13-4-12-42-23-31(43)29-20-24(19-26-22-37-39-33(26)29)21-32(34(42)45)48-36(47)41-16-10-28(11-17-41)44-18-7-25-5-2-3-6-30(25)38-35(44)46/h2-3,5-6,19-20,22,27-28,31-32H,4,7-18,21,23H2,1H3,(H,37,39)(H,38,46)/t31?,32-/m1/s1. The lowest BCUT2D eigenvalue weighted by Crippen LogP contribution is -2.51. The van der Waals surface area contributed by atoms with E-state index in [1.807, 2.05) is 34.2 Å². The molecule has 3 saturated heterocycles. The molecule has 8 rings (SSSR count). The van der Waals surface area contributed by atoms with E-state index >= 15 is 0 Å². The van der Waals surface area contributed by atoms with E-state index in [0.29, 0.717) is 58.0 Å². The SMILES string of the molecule is CN1CCC(N2CCCN3CC2c2cc(cc4cn[nH]c24)C[C@@H](OC(=O)N2CCC(N4CCc5ccccc5NC4=O)CC2)C3=O)CC1. The summed E-state index contributed by atoms with van der Waals surface area (Å²) in [4.78, 5) is 51.7. The number of benzene rings is 2. The zero-order chi connectivity index (χ0) is 32.8. The molecule has 5 aliphatic heterocycles. The number of aromatic nitrogens is 2. The molecule has 0 spiro atoms. The second-order valence-electron chi connectivity index (χ2n) is 14.3. The Balaban J connectivity index is 0.978. The fourth-order valence-electron chi connectivity index (χ4n) is 8.67. The number of hydrogen-bond acceptors (Lipinski definition) is 7. The predicted molar refractivity (Wildman–Crippen MR) is 182 cm³/mol. The molecule has 2 N–H and O–H groups in total. The number of anilines is 1. The number of para-hydroxylation sites is 1. The van der Waals surface area contributed by atoms with Gasteiger partial charge in [0, 0.05) is 68.8 Å². The highest BCUT2D eigenvalue weighted by molar-refractivity contribution is 5.91. The fraction of sp³-hybridized carbons (Fsp3) is 0.556. The Morgan fingerprint density at radius 3 is 2.56 bits per heavy atom. The van der Waals surface area contributed by atoms with E-state index in [2.05, 4.69) is 50.6 Å². The topological polar surface area (TPSA) is 117 Å². The van der Waals surface area contributed by atoms with Crippen LogP contribution in [0.3, 0.4) is 0 Å². The van der Waals surface area contributed by atoms with Gasteiger partial charge in [0.05, 0.1) is 17.8 Å². The van der Waals surface area contributed by atoms with Gasteiger partial charge in [-0.1, -0.05) is 24.3 Å². The van der Waals surface area contributed by atoms with Crippen molar-refractivity contribution in [1.29, 1.82) is 0 Å². The lowest BCUT2D eigenvalue weighted by Gasteiger charge is -2.41. The molecule has 5 aliphatic rings. The molecule has 6 heterocycles. The lowest BCUT2D eigenvalue weighted by atomic mass is 9.94. The molecule has 48 heavy (non-hydrogen) atoms. The van der Waals surface area contributed by atoms with Gasteiger partial charge in [-0.2, -0.15) is 5.10 Å². The van der Waals surface area contributed by atoms with Crippen LogP contribution in [0.4, 0.5) is 15.3 Å². The van der Waals surface area contributed by atoms with E-state index < -0.39 is 12.2 Å². The minimum absolute atomic E-state index is 0.0326. The van der Waals surface area contributed by atoms with Crippen LogP contribution in [0.2, 0.25) is 0 Å². The molecule has 254 valence electrons. The normalized spacial score (nSPS) is 25.1. The molecule has 3 aromatic rings. The van der Waals surface area contributed by atoms with Crippen molar-refractivity contribution in [1.82, 2.24) is 34.7 Å². The summed E-state index contributed by atoms with van der Waals surface area (Å²) in [5, 5.41) is 11.7. The molecule has 0 radical (unpaired) electrons. The summed E-state index contributed by atoms with van der Waals surface area (Å²) < 4.78 is 6.14. The molecule has 4 bridgehead atoms. The number of nitrogens with zero attached hydrogens (tertiary/aromatic N) is 6. The summed E-state index contributed by atoms with van der Waals surface area (Å²) in [6.45, 7) is 5.86. The maximum Gasteiger partial charge on any atom is 0.410 e. The van der Waals surface area contributed by atoms with Crippen LogP contribution in [0.1, 0.15) is 54.8 Å². The quantitative estimate of drug-likeness (QED) is 0.441. The molecule has 2 atom stereocenters. The van der Waals surface area contributed by atoms with Crippen molar-refractivity contribution >= 4 is 34.6 Å². The Morgan fingerprint density at radius 1 is 0.938 bits per heavy atom. The Hall–Kier alpha value is -4.16. The van der Waals surface area contributed by atoms with Crippen LogP contribution in [0, 0.1) is 0 Å². The molecular formula is C36H46N8O4. The van der Waals surface area contributed by atoms with Gasteiger partial charge < -0.3 is 29.7 Å². The third-order valence-electron chi connectivity index (χ3n) is 11.3. The average molecular weight is 655 g/mol. The molecule has 12 nitrogen and oxygen atoms in total.